The summed E-state index contributed by atoms with van der Waals surface area (Å²) in [5.41, 5.74) is 6.80. The number of fused-ring (bicyclic) bond motifs is 1. The summed E-state index contributed by atoms with van der Waals surface area (Å²) >= 11 is 2.73. The van der Waals surface area contributed by atoms with E-state index in [4.69, 9.17) is 5.73 Å². The molecule has 1 aliphatic carbocycles. The van der Waals surface area contributed by atoms with Crippen LogP contribution < -0.4 is 11.1 Å². The van der Waals surface area contributed by atoms with Crippen molar-refractivity contribution in [1.29, 1.82) is 0 Å². The van der Waals surface area contributed by atoms with Gasteiger partial charge in [-0.25, -0.2) is 4.68 Å². The number of amides is 2. The summed E-state index contributed by atoms with van der Waals surface area (Å²) in [4.78, 5) is 25.6. The summed E-state index contributed by atoms with van der Waals surface area (Å²) in [5, 5.41) is 15.7. The van der Waals surface area contributed by atoms with Crippen LogP contribution in [0.4, 0.5) is 5.00 Å². The fourth-order valence-electron chi connectivity index (χ4n) is 3.08. The number of nitrogens with zero attached hydrogens (tertiary/aromatic N) is 4. The Morgan fingerprint density at radius 1 is 1.41 bits per heavy atom. The second kappa shape index (κ2) is 7.59. The Bertz CT molecular complexity index is 867. The van der Waals surface area contributed by atoms with Crippen molar-refractivity contribution in [3.63, 3.8) is 0 Å². The molecule has 0 fully saturated rings. The number of hydrogen-bond acceptors (Lipinski definition) is 7. The minimum atomic E-state index is -0.485. The van der Waals surface area contributed by atoms with Crippen LogP contribution in [0.25, 0.3) is 0 Å². The molecule has 146 valence electrons. The van der Waals surface area contributed by atoms with Crippen molar-refractivity contribution in [2.45, 2.75) is 57.7 Å². The van der Waals surface area contributed by atoms with Crippen molar-refractivity contribution in [1.82, 2.24) is 20.2 Å². The minimum absolute atomic E-state index is 0.146. The van der Waals surface area contributed by atoms with Crippen molar-refractivity contribution < 1.29 is 9.59 Å². The van der Waals surface area contributed by atoms with E-state index in [9.17, 15) is 9.59 Å². The molecule has 2 heterocycles. The van der Waals surface area contributed by atoms with E-state index in [1.807, 2.05) is 20.8 Å². The van der Waals surface area contributed by atoms with Gasteiger partial charge in [0.2, 0.25) is 11.1 Å². The molecule has 3 rings (SSSR count). The van der Waals surface area contributed by atoms with E-state index in [0.717, 1.165) is 29.7 Å². The first kappa shape index (κ1) is 19.8. The fourth-order valence-corrected chi connectivity index (χ4v) is 5.37. The van der Waals surface area contributed by atoms with Crippen LogP contribution in [0.2, 0.25) is 0 Å². The van der Waals surface area contributed by atoms with Crippen LogP contribution >= 0.6 is 23.1 Å². The Morgan fingerprint density at radius 3 is 2.81 bits per heavy atom. The van der Waals surface area contributed by atoms with Gasteiger partial charge in [-0.05, 0) is 61.9 Å². The Hall–Kier alpha value is -1.94. The van der Waals surface area contributed by atoms with Crippen molar-refractivity contribution in [2.24, 2.45) is 11.7 Å². The number of nitrogens with two attached hydrogens (primary N) is 1. The fraction of sp³-hybridized carbons (Fsp3) is 0.588. The van der Waals surface area contributed by atoms with Crippen LogP contribution in [0.1, 0.15) is 54.9 Å². The molecule has 0 spiro atoms. The van der Waals surface area contributed by atoms with E-state index in [1.165, 1.54) is 23.1 Å². The third kappa shape index (κ3) is 4.32. The largest absolute Gasteiger partial charge is 0.365 e. The third-order valence-electron chi connectivity index (χ3n) is 4.42. The molecule has 2 aromatic heterocycles. The maximum absolute atomic E-state index is 12.5. The quantitative estimate of drug-likeness (QED) is 0.734. The molecule has 3 N–H and O–H groups in total. The van der Waals surface area contributed by atoms with Crippen molar-refractivity contribution in [3.8, 4) is 0 Å². The summed E-state index contributed by atoms with van der Waals surface area (Å²) in [6.07, 6.45) is 2.78. The van der Waals surface area contributed by atoms with Crippen LogP contribution in [-0.4, -0.2) is 37.8 Å². The maximum Gasteiger partial charge on any atom is 0.251 e. The van der Waals surface area contributed by atoms with Crippen molar-refractivity contribution in [2.75, 3.05) is 11.1 Å². The van der Waals surface area contributed by atoms with Gasteiger partial charge >= 0.3 is 0 Å². The molecule has 0 radical (unpaired) electrons. The standard InChI is InChI=1S/C17H24N6O2S2/c1-9-5-6-10-11(7-9)27-15(13(10)14(18)25)19-12(24)8-26-16-20-21-22-23(16)17(2,3)4/h9H,5-8H2,1-4H3,(H2,18,25)(H,19,24)/t9-/m1/s1. The molecule has 0 saturated heterocycles. The molecule has 0 aromatic carbocycles. The zero-order valence-corrected chi connectivity index (χ0v) is 17.5. The average molecular weight is 409 g/mol. The molecule has 0 unspecified atom stereocenters. The van der Waals surface area contributed by atoms with Crippen LogP contribution in [-0.2, 0) is 23.2 Å². The lowest BCUT2D eigenvalue weighted by atomic mass is 9.88. The molecule has 2 amide bonds. The van der Waals surface area contributed by atoms with Crippen LogP contribution in [0.3, 0.4) is 0 Å². The number of carbonyl (C=O) groups is 2. The highest BCUT2D eigenvalue weighted by Crippen LogP contribution is 2.39. The number of anilines is 1. The van der Waals surface area contributed by atoms with Gasteiger partial charge in [0.15, 0.2) is 0 Å². The van der Waals surface area contributed by atoms with E-state index >= 15 is 0 Å². The number of hydrogen-bond donors (Lipinski definition) is 2. The normalized spacial score (nSPS) is 16.8. The van der Waals surface area contributed by atoms with E-state index in [2.05, 4.69) is 27.8 Å². The molecule has 2 aromatic rings. The molecular weight excluding hydrogens is 384 g/mol. The number of primary amides is 1. The molecule has 8 nitrogen and oxygen atoms in total. The summed E-state index contributed by atoms with van der Waals surface area (Å²) in [7, 11) is 0. The topological polar surface area (TPSA) is 116 Å². The molecule has 0 aliphatic heterocycles. The number of nitrogens with one attached hydrogen (secondary N) is 1. The predicted octanol–water partition coefficient (Wildman–Crippen LogP) is 2.44. The molecule has 1 atom stereocenters. The number of thioether (sulfide) groups is 1. The third-order valence-corrected chi connectivity index (χ3v) is 6.51. The average Bonchev–Trinajstić information content (AvgIpc) is 3.15. The molecule has 0 saturated carbocycles. The smallest absolute Gasteiger partial charge is 0.251 e. The van der Waals surface area contributed by atoms with Gasteiger partial charge in [0.1, 0.15) is 5.00 Å². The lowest BCUT2D eigenvalue weighted by Gasteiger charge is -2.19. The van der Waals surface area contributed by atoms with E-state index in [-0.39, 0.29) is 17.2 Å². The zero-order chi connectivity index (χ0) is 19.8. The SMILES string of the molecule is C[C@@H]1CCc2c(sc(NC(=O)CSc3nnnn3C(C)(C)C)c2C(N)=O)C1. The number of tetrazole rings is 1. The second-order valence-electron chi connectivity index (χ2n) is 7.80. The first-order valence-corrected chi connectivity index (χ1v) is 10.6. The lowest BCUT2D eigenvalue weighted by molar-refractivity contribution is -0.113. The van der Waals surface area contributed by atoms with E-state index in [1.54, 1.807) is 4.68 Å². The summed E-state index contributed by atoms with van der Waals surface area (Å²) in [6.45, 7) is 8.16. The highest BCUT2D eigenvalue weighted by Gasteiger charge is 2.27. The number of rotatable bonds is 5. The van der Waals surface area contributed by atoms with Gasteiger partial charge in [0.05, 0.1) is 16.9 Å². The monoisotopic (exact) mass is 408 g/mol. The van der Waals surface area contributed by atoms with Crippen LogP contribution in [0, 0.1) is 5.92 Å². The molecule has 0 bridgehead atoms. The Labute approximate surface area is 166 Å². The summed E-state index contributed by atoms with van der Waals surface area (Å²) in [5.74, 6) is 0.0275. The first-order chi connectivity index (χ1) is 12.7. The maximum atomic E-state index is 12.5. The lowest BCUT2D eigenvalue weighted by Crippen LogP contribution is -2.25. The molecular formula is C17H24N6O2S2. The second-order valence-corrected chi connectivity index (χ2v) is 9.85. The molecule has 10 heteroatoms. The number of aromatic nitrogens is 4. The van der Waals surface area contributed by atoms with Gasteiger partial charge in [-0.2, -0.15) is 0 Å². The van der Waals surface area contributed by atoms with E-state index in [0.29, 0.717) is 21.6 Å². The first-order valence-electron chi connectivity index (χ1n) is 8.82. The van der Waals surface area contributed by atoms with Gasteiger partial charge in [-0.3, -0.25) is 9.59 Å². The highest BCUT2D eigenvalue weighted by atomic mass is 32.2. The van der Waals surface area contributed by atoms with Crippen molar-refractivity contribution in [3.05, 3.63) is 16.0 Å². The Balaban J connectivity index is 1.72. The summed E-state index contributed by atoms with van der Waals surface area (Å²) in [6, 6.07) is 0. The Morgan fingerprint density at radius 2 is 2.15 bits per heavy atom. The summed E-state index contributed by atoms with van der Waals surface area (Å²) < 4.78 is 1.69. The number of thiophene rings is 1. The zero-order valence-electron chi connectivity index (χ0n) is 15.9. The van der Waals surface area contributed by atoms with Crippen molar-refractivity contribution >= 4 is 39.9 Å². The van der Waals surface area contributed by atoms with Crippen LogP contribution in [0.5, 0.6) is 0 Å². The number of carbonyl (C=O) groups excluding carboxylic acids is 2. The van der Waals surface area contributed by atoms with Gasteiger partial charge in [0.25, 0.3) is 5.91 Å². The van der Waals surface area contributed by atoms with E-state index < -0.39 is 5.91 Å². The highest BCUT2D eigenvalue weighted by molar-refractivity contribution is 7.99. The van der Waals surface area contributed by atoms with Gasteiger partial charge in [-0.1, -0.05) is 18.7 Å². The van der Waals surface area contributed by atoms with Crippen LogP contribution in [0.15, 0.2) is 5.16 Å². The Kier molecular flexibility index (Phi) is 5.57. The minimum Gasteiger partial charge on any atom is -0.365 e. The van der Waals surface area contributed by atoms with Gasteiger partial charge in [0, 0.05) is 4.88 Å². The molecule has 27 heavy (non-hydrogen) atoms. The van der Waals surface area contributed by atoms with Gasteiger partial charge in [-0.15, -0.1) is 16.4 Å². The van der Waals surface area contributed by atoms with Gasteiger partial charge < -0.3 is 11.1 Å². The predicted molar refractivity (Wildman–Crippen MR) is 106 cm³/mol. The molecule has 1 aliphatic rings.